The first-order valence-corrected chi connectivity index (χ1v) is 13.0. The molecule has 0 unspecified atom stereocenters. The van der Waals surface area contributed by atoms with Crippen molar-refractivity contribution in [3.05, 3.63) is 0 Å². The van der Waals surface area contributed by atoms with Gasteiger partial charge in [0.1, 0.15) is 0 Å². The quantitative estimate of drug-likeness (QED) is 0.280. The summed E-state index contributed by atoms with van der Waals surface area (Å²) in [7, 11) is 0. The zero-order valence-electron chi connectivity index (χ0n) is 17.0. The number of hydrogen-bond acceptors (Lipinski definition) is 0. The molecule has 6 aliphatic carbocycles. The maximum atomic E-state index is 6.28. The molecule has 6 aliphatic rings. The van der Waals surface area contributed by atoms with Crippen molar-refractivity contribution < 1.29 is 0 Å². The first kappa shape index (κ1) is 20.4. The molecule has 0 aliphatic heterocycles. The van der Waals surface area contributed by atoms with E-state index in [0.29, 0.717) is 16.4 Å². The largest absolute Gasteiger partial charge is 0.229 e. The minimum absolute atomic E-state index is 0.548. The predicted molar refractivity (Wildman–Crippen MR) is 120 cm³/mol. The Hall–Kier alpha value is 1.12. The summed E-state index contributed by atoms with van der Waals surface area (Å²) in [6.45, 7) is 10.1. The molecule has 6 saturated carbocycles. The van der Waals surface area contributed by atoms with Gasteiger partial charge in [-0.25, -0.2) is 0 Å². The fourth-order valence-corrected chi connectivity index (χ4v) is 9.82. The highest BCUT2D eigenvalue weighted by atomic mass is 79.9. The van der Waals surface area contributed by atoms with Gasteiger partial charge in [-0.05, 0) is 83.7 Å². The second-order valence-electron chi connectivity index (χ2n) is 11.2. The van der Waals surface area contributed by atoms with Crippen molar-refractivity contribution in [1.29, 1.82) is 0 Å². The molecule has 26 heavy (non-hydrogen) atoms. The summed E-state index contributed by atoms with van der Waals surface area (Å²) in [5.41, 5.74) is 1.77. The minimum atomic E-state index is 0.548. The topological polar surface area (TPSA) is 0 Å². The molecular formula is C22H36BBrCl2. The Morgan fingerprint density at radius 3 is 1.46 bits per heavy atom. The van der Waals surface area contributed by atoms with E-state index in [0.717, 1.165) is 58.9 Å². The van der Waals surface area contributed by atoms with Crippen LogP contribution in [0.5, 0.6) is 0 Å². The fourth-order valence-electron chi connectivity index (χ4n) is 8.10. The zero-order chi connectivity index (χ0) is 18.9. The molecule has 0 N–H and O–H groups in total. The van der Waals surface area contributed by atoms with E-state index in [1.807, 2.05) is 0 Å². The van der Waals surface area contributed by atoms with E-state index >= 15 is 0 Å². The lowest BCUT2D eigenvalue weighted by Crippen LogP contribution is -2.59. The molecule has 0 aromatic rings. The van der Waals surface area contributed by atoms with E-state index in [2.05, 4.69) is 43.5 Å². The molecule has 0 aromatic heterocycles. The van der Waals surface area contributed by atoms with Crippen molar-refractivity contribution in [3.63, 3.8) is 0 Å². The average Bonchev–Trinajstić information content (AvgIpc) is 2.61. The number of hydrogen-bond donors (Lipinski definition) is 0. The SMILES string of the molecule is CC1(C)[C@@H]2C[C@H](B(Br)[C@H]3C[C@@H]4C[C@@H]([C@H]3CCCl)C4(C)C)[C@H](CCCl)[C@@H]1C2. The van der Waals surface area contributed by atoms with Crippen LogP contribution >= 0.6 is 39.0 Å². The Kier molecular flexibility index (Phi) is 5.59. The van der Waals surface area contributed by atoms with Gasteiger partial charge >= 0.3 is 0 Å². The average molecular weight is 462 g/mol. The Morgan fingerprint density at radius 1 is 0.769 bits per heavy atom. The Balaban J connectivity index is 1.54. The van der Waals surface area contributed by atoms with Crippen LogP contribution in [0.4, 0.5) is 0 Å². The molecular weight excluding hydrogens is 426 g/mol. The molecule has 0 saturated heterocycles. The molecule has 6 fully saturated rings. The maximum absolute atomic E-state index is 6.28. The predicted octanol–water partition coefficient (Wildman–Crippen LogP) is 7.74. The van der Waals surface area contributed by atoms with Gasteiger partial charge in [-0.2, -0.15) is 15.8 Å². The molecule has 0 heterocycles. The Labute approximate surface area is 180 Å². The minimum Gasteiger partial charge on any atom is -0.156 e. The molecule has 4 heteroatoms. The number of rotatable bonds is 6. The maximum Gasteiger partial charge on any atom is 0.229 e. The molecule has 6 rings (SSSR count). The van der Waals surface area contributed by atoms with Crippen LogP contribution in [0.2, 0.25) is 11.6 Å². The van der Waals surface area contributed by atoms with Crippen LogP contribution in [0.3, 0.4) is 0 Å². The van der Waals surface area contributed by atoms with E-state index in [4.69, 9.17) is 23.2 Å². The highest BCUT2D eigenvalue weighted by Gasteiger charge is 2.63. The van der Waals surface area contributed by atoms with E-state index in [1.165, 1.54) is 38.5 Å². The summed E-state index contributed by atoms with van der Waals surface area (Å²) < 4.78 is 0. The lowest BCUT2D eigenvalue weighted by Gasteiger charge is -2.66. The van der Waals surface area contributed by atoms with Gasteiger partial charge in [0, 0.05) is 11.8 Å². The normalized spacial score (nSPS) is 47.7. The first-order valence-electron chi connectivity index (χ1n) is 11.0. The van der Waals surface area contributed by atoms with Crippen LogP contribution in [-0.4, -0.2) is 17.3 Å². The van der Waals surface area contributed by atoms with Gasteiger partial charge in [0.2, 0.25) is 5.54 Å². The molecule has 0 amide bonds. The monoisotopic (exact) mass is 460 g/mol. The zero-order valence-corrected chi connectivity index (χ0v) is 20.1. The second kappa shape index (κ2) is 7.12. The Bertz CT molecular complexity index is 490. The van der Waals surface area contributed by atoms with Crippen LogP contribution in [-0.2, 0) is 0 Å². The van der Waals surface area contributed by atoms with Crippen molar-refractivity contribution in [2.45, 2.75) is 77.9 Å². The van der Waals surface area contributed by atoms with E-state index in [-0.39, 0.29) is 0 Å². The summed E-state index contributed by atoms with van der Waals surface area (Å²) >= 11 is 16.9. The van der Waals surface area contributed by atoms with Crippen LogP contribution < -0.4 is 0 Å². The standard InChI is InChI=1S/C22H36BBrCl2/c1-21(2)13-9-17(21)15(5-7-25)19(11-13)23(24)20-12-14-10-18(22(14,3)4)16(20)6-8-26/h13-20H,5-12H2,1-4H3/t13-,14-,15+,16+,17-,18-,19-,20-/m0/s1. The molecule has 4 bridgehead atoms. The van der Waals surface area contributed by atoms with Gasteiger partial charge in [0.15, 0.2) is 0 Å². The van der Waals surface area contributed by atoms with E-state index in [1.54, 1.807) is 0 Å². The van der Waals surface area contributed by atoms with Gasteiger partial charge < -0.3 is 0 Å². The molecule has 0 spiro atoms. The summed E-state index contributed by atoms with van der Waals surface area (Å²) in [5, 5.41) is 0. The van der Waals surface area contributed by atoms with Crippen LogP contribution in [0, 0.1) is 46.3 Å². The van der Waals surface area contributed by atoms with Gasteiger partial charge in [-0.15, -0.1) is 23.2 Å². The molecule has 0 radical (unpaired) electrons. The first-order chi connectivity index (χ1) is 12.2. The van der Waals surface area contributed by atoms with Gasteiger partial charge in [0.25, 0.3) is 0 Å². The van der Waals surface area contributed by atoms with Crippen molar-refractivity contribution >= 4 is 44.5 Å². The lowest BCUT2D eigenvalue weighted by molar-refractivity contribution is -0.112. The highest BCUT2D eigenvalue weighted by molar-refractivity contribution is 9.24. The Morgan fingerprint density at radius 2 is 1.15 bits per heavy atom. The third-order valence-electron chi connectivity index (χ3n) is 10.0. The number of fused-ring (bicyclic) bond motifs is 4. The second-order valence-corrected chi connectivity index (χ2v) is 13.1. The van der Waals surface area contributed by atoms with E-state index in [9.17, 15) is 0 Å². The van der Waals surface area contributed by atoms with Gasteiger partial charge in [0.05, 0.1) is 0 Å². The highest BCUT2D eigenvalue weighted by Crippen LogP contribution is 2.71. The van der Waals surface area contributed by atoms with Gasteiger partial charge in [-0.1, -0.05) is 40.5 Å². The van der Waals surface area contributed by atoms with Crippen LogP contribution in [0.1, 0.15) is 66.2 Å². The van der Waals surface area contributed by atoms with Crippen LogP contribution in [0.25, 0.3) is 0 Å². The lowest BCUT2D eigenvalue weighted by atomic mass is 9.30. The summed E-state index contributed by atoms with van der Waals surface area (Å²) in [6.07, 6.45) is 8.17. The third kappa shape index (κ3) is 2.89. The van der Waals surface area contributed by atoms with Crippen molar-refractivity contribution in [2.75, 3.05) is 11.8 Å². The summed E-state index contributed by atoms with van der Waals surface area (Å²) in [4.78, 5) is 0. The van der Waals surface area contributed by atoms with Crippen molar-refractivity contribution in [2.24, 2.45) is 46.3 Å². The molecule has 0 aromatic carbocycles. The molecule has 148 valence electrons. The van der Waals surface area contributed by atoms with Crippen molar-refractivity contribution in [3.8, 4) is 0 Å². The van der Waals surface area contributed by atoms with Crippen molar-refractivity contribution in [1.82, 2.24) is 0 Å². The number of halogens is 3. The van der Waals surface area contributed by atoms with Gasteiger partial charge in [-0.3, -0.25) is 0 Å². The smallest absolute Gasteiger partial charge is 0.156 e. The third-order valence-corrected chi connectivity index (χ3v) is 11.8. The molecule has 8 atom stereocenters. The summed E-state index contributed by atoms with van der Waals surface area (Å²) in [6, 6.07) is 0. The van der Waals surface area contributed by atoms with Crippen LogP contribution in [0.15, 0.2) is 0 Å². The summed E-state index contributed by atoms with van der Waals surface area (Å²) in [5.74, 6) is 8.60. The fraction of sp³-hybridized carbons (Fsp3) is 1.00. The van der Waals surface area contributed by atoms with E-state index < -0.39 is 0 Å². The molecule has 0 nitrogen and oxygen atoms in total. The number of alkyl halides is 2.